The first-order valence-electron chi connectivity index (χ1n) is 13.3. The lowest BCUT2D eigenvalue weighted by Gasteiger charge is -2.23. The molecular formula is C29H37ClN6O4. The summed E-state index contributed by atoms with van der Waals surface area (Å²) < 4.78 is 11.6. The van der Waals surface area contributed by atoms with Gasteiger partial charge in [-0.1, -0.05) is 32.4 Å². The van der Waals surface area contributed by atoms with Gasteiger partial charge in [-0.25, -0.2) is 9.97 Å². The van der Waals surface area contributed by atoms with Gasteiger partial charge in [0.15, 0.2) is 11.5 Å². The van der Waals surface area contributed by atoms with Crippen LogP contribution in [0.4, 0.5) is 5.69 Å². The van der Waals surface area contributed by atoms with Crippen LogP contribution < -0.4 is 30.4 Å². The summed E-state index contributed by atoms with van der Waals surface area (Å²) in [5, 5.41) is 6.71. The lowest BCUT2D eigenvalue weighted by Crippen LogP contribution is -2.28. The Balaban J connectivity index is 1.54. The van der Waals surface area contributed by atoms with Gasteiger partial charge >= 0.3 is 0 Å². The zero-order chi connectivity index (χ0) is 28.7. The minimum absolute atomic E-state index is 0.195. The molecule has 11 heteroatoms. The van der Waals surface area contributed by atoms with E-state index >= 15 is 0 Å². The van der Waals surface area contributed by atoms with Crippen molar-refractivity contribution in [3.05, 3.63) is 64.6 Å². The average molecular weight is 569 g/mol. The van der Waals surface area contributed by atoms with Gasteiger partial charge in [0.25, 0.3) is 5.91 Å². The smallest absolute Gasteiger partial charge is 0.255 e. The van der Waals surface area contributed by atoms with Crippen LogP contribution in [0.25, 0.3) is 0 Å². The monoisotopic (exact) mass is 568 g/mol. The summed E-state index contributed by atoms with van der Waals surface area (Å²) in [6, 6.07) is 10.4. The lowest BCUT2D eigenvalue weighted by molar-refractivity contribution is 0.102. The molecule has 0 radical (unpaired) electrons. The highest BCUT2D eigenvalue weighted by atomic mass is 35.5. The van der Waals surface area contributed by atoms with Crippen molar-refractivity contribution in [1.82, 2.24) is 25.7 Å². The van der Waals surface area contributed by atoms with E-state index in [1.165, 1.54) is 13.4 Å². The molecule has 214 valence electrons. The van der Waals surface area contributed by atoms with Gasteiger partial charge in [0.2, 0.25) is 5.88 Å². The average Bonchev–Trinajstić information content (AvgIpc) is 3.18. The van der Waals surface area contributed by atoms with Crippen molar-refractivity contribution in [1.29, 1.82) is 0 Å². The van der Waals surface area contributed by atoms with Gasteiger partial charge in [-0.2, -0.15) is 5.48 Å². The molecule has 0 aliphatic carbocycles. The van der Waals surface area contributed by atoms with Crippen LogP contribution >= 0.6 is 11.6 Å². The molecule has 1 amide bonds. The number of amides is 1. The van der Waals surface area contributed by atoms with Crippen molar-refractivity contribution in [3.63, 3.8) is 0 Å². The highest BCUT2D eigenvalue weighted by Crippen LogP contribution is 2.40. The number of ether oxygens (including phenoxy) is 2. The second kappa shape index (κ2) is 13.3. The summed E-state index contributed by atoms with van der Waals surface area (Å²) in [7, 11) is 3.18. The zero-order valence-electron chi connectivity index (χ0n) is 23.6. The summed E-state index contributed by atoms with van der Waals surface area (Å²) >= 11 is 6.44. The van der Waals surface area contributed by atoms with E-state index in [2.05, 4.69) is 51.8 Å². The molecule has 2 heterocycles. The summed E-state index contributed by atoms with van der Waals surface area (Å²) in [4.78, 5) is 30.0. The Hall–Kier alpha value is -3.44. The van der Waals surface area contributed by atoms with Crippen molar-refractivity contribution >= 4 is 23.2 Å². The molecule has 1 fully saturated rings. The van der Waals surface area contributed by atoms with Crippen LogP contribution in [0.3, 0.4) is 0 Å². The van der Waals surface area contributed by atoms with E-state index in [0.717, 1.165) is 43.9 Å². The SMILES string of the molecule is CNOc1cc(C(C)(C)C)cc(NC(=O)c2ccc(Cl)c(Oc3cc(CN4CCCNCC4)ncn3)c2)c1OC. The fourth-order valence-corrected chi connectivity index (χ4v) is 4.52. The standard InChI is InChI=1S/C29H37ClN6O4/c1-29(2,3)20-14-23(27(38-5)25(15-20)40-31-4)35-28(37)19-7-8-22(30)24(13-19)39-26-16-21(33-18-34-26)17-36-11-6-9-32-10-12-36/h7-8,13-16,18,31-32H,6,9-12,17H2,1-5H3,(H,35,37). The normalized spacial score (nSPS) is 14.3. The molecular weight excluding hydrogens is 532 g/mol. The first-order chi connectivity index (χ1) is 19.2. The van der Waals surface area contributed by atoms with Gasteiger partial charge in [0.05, 0.1) is 23.5 Å². The van der Waals surface area contributed by atoms with Gasteiger partial charge in [0.1, 0.15) is 12.1 Å². The van der Waals surface area contributed by atoms with Crippen molar-refractivity contribution in [2.75, 3.05) is 45.7 Å². The third-order valence-corrected chi connectivity index (χ3v) is 6.82. The molecule has 40 heavy (non-hydrogen) atoms. The Labute approximate surface area is 240 Å². The Morgan fingerprint density at radius 3 is 2.67 bits per heavy atom. The van der Waals surface area contributed by atoms with E-state index in [0.29, 0.717) is 45.9 Å². The van der Waals surface area contributed by atoms with Crippen molar-refractivity contribution in [2.24, 2.45) is 0 Å². The van der Waals surface area contributed by atoms with Crippen molar-refractivity contribution < 1.29 is 19.1 Å². The molecule has 0 spiro atoms. The van der Waals surface area contributed by atoms with Crippen LogP contribution in [0.15, 0.2) is 42.7 Å². The third-order valence-electron chi connectivity index (χ3n) is 6.51. The van der Waals surface area contributed by atoms with Gasteiger partial charge < -0.3 is 24.9 Å². The van der Waals surface area contributed by atoms with Gasteiger partial charge in [-0.15, -0.1) is 0 Å². The van der Waals surface area contributed by atoms with Crippen LogP contribution in [0.5, 0.6) is 23.1 Å². The molecule has 1 aliphatic heterocycles. The summed E-state index contributed by atoms with van der Waals surface area (Å²) in [5.74, 6) is 1.16. The lowest BCUT2D eigenvalue weighted by atomic mass is 9.86. The summed E-state index contributed by atoms with van der Waals surface area (Å²) in [6.07, 6.45) is 2.57. The molecule has 3 N–H and O–H groups in total. The molecule has 1 saturated heterocycles. The Bertz CT molecular complexity index is 1320. The van der Waals surface area contributed by atoms with Gasteiger partial charge in [0, 0.05) is 38.3 Å². The maximum absolute atomic E-state index is 13.4. The van der Waals surface area contributed by atoms with Gasteiger partial charge in [-0.3, -0.25) is 9.69 Å². The molecule has 1 aromatic heterocycles. The van der Waals surface area contributed by atoms with Gasteiger partial charge in [-0.05, 0) is 60.8 Å². The van der Waals surface area contributed by atoms with Crippen LogP contribution in [0.2, 0.25) is 5.02 Å². The van der Waals surface area contributed by atoms with Crippen molar-refractivity contribution in [2.45, 2.75) is 39.2 Å². The largest absolute Gasteiger partial charge is 0.491 e. The van der Waals surface area contributed by atoms with E-state index in [9.17, 15) is 4.79 Å². The highest BCUT2D eigenvalue weighted by Gasteiger charge is 2.22. The third kappa shape index (κ3) is 7.60. The molecule has 0 atom stereocenters. The van der Waals surface area contributed by atoms with E-state index in [1.807, 2.05) is 12.1 Å². The van der Waals surface area contributed by atoms with E-state index in [1.54, 1.807) is 31.3 Å². The number of anilines is 1. The van der Waals surface area contributed by atoms with Crippen molar-refractivity contribution in [3.8, 4) is 23.1 Å². The number of carbonyl (C=O) groups excluding carboxylic acids is 1. The number of halogens is 1. The Kier molecular flexibility index (Phi) is 9.80. The van der Waals surface area contributed by atoms with Crippen LogP contribution in [0, 0.1) is 0 Å². The predicted molar refractivity (Wildman–Crippen MR) is 156 cm³/mol. The molecule has 3 aromatic rings. The molecule has 0 saturated carbocycles. The summed E-state index contributed by atoms with van der Waals surface area (Å²) in [5.41, 5.74) is 5.12. The van der Waals surface area contributed by atoms with Crippen LogP contribution in [-0.4, -0.2) is 61.1 Å². The van der Waals surface area contributed by atoms with E-state index in [-0.39, 0.29) is 11.3 Å². The second-order valence-corrected chi connectivity index (χ2v) is 10.9. The number of benzene rings is 2. The number of nitrogens with one attached hydrogen (secondary N) is 3. The summed E-state index contributed by atoms with van der Waals surface area (Å²) in [6.45, 7) is 10.9. The van der Waals surface area contributed by atoms with Crippen LogP contribution in [0.1, 0.15) is 48.8 Å². The van der Waals surface area contributed by atoms with E-state index in [4.69, 9.17) is 25.9 Å². The number of hydroxylamine groups is 1. The maximum atomic E-state index is 13.4. The molecule has 0 bridgehead atoms. The first-order valence-corrected chi connectivity index (χ1v) is 13.6. The Morgan fingerprint density at radius 2 is 1.93 bits per heavy atom. The Morgan fingerprint density at radius 1 is 1.10 bits per heavy atom. The molecule has 4 rings (SSSR count). The number of rotatable bonds is 9. The number of hydrogen-bond donors (Lipinski definition) is 3. The second-order valence-electron chi connectivity index (χ2n) is 10.5. The topological polar surface area (TPSA) is 110 Å². The zero-order valence-corrected chi connectivity index (χ0v) is 24.4. The fourth-order valence-electron chi connectivity index (χ4n) is 4.36. The number of nitrogens with zero attached hydrogens (tertiary/aromatic N) is 3. The van der Waals surface area contributed by atoms with E-state index < -0.39 is 0 Å². The minimum atomic E-state index is -0.362. The molecule has 1 aliphatic rings. The molecule has 0 unspecified atom stereocenters. The predicted octanol–water partition coefficient (Wildman–Crippen LogP) is 4.79. The maximum Gasteiger partial charge on any atom is 0.255 e. The number of aromatic nitrogens is 2. The fraction of sp³-hybridized carbons (Fsp3) is 0.414. The number of methoxy groups -OCH3 is 1. The molecule has 2 aromatic carbocycles. The van der Waals surface area contributed by atoms with Crippen LogP contribution in [-0.2, 0) is 12.0 Å². The quantitative estimate of drug-likeness (QED) is 0.314. The number of carbonyl (C=O) groups is 1. The highest BCUT2D eigenvalue weighted by molar-refractivity contribution is 6.32. The number of hydrogen-bond acceptors (Lipinski definition) is 9. The molecule has 10 nitrogen and oxygen atoms in total. The minimum Gasteiger partial charge on any atom is -0.491 e. The first kappa shape index (κ1) is 29.5.